The smallest absolute Gasteiger partial charge is 0.244 e. The lowest BCUT2D eigenvalue weighted by Gasteiger charge is -2.25. The van der Waals surface area contributed by atoms with E-state index in [-0.39, 0.29) is 11.7 Å². The van der Waals surface area contributed by atoms with E-state index in [0.717, 1.165) is 31.5 Å². The summed E-state index contributed by atoms with van der Waals surface area (Å²) in [6, 6.07) is 4.49. The van der Waals surface area contributed by atoms with Gasteiger partial charge >= 0.3 is 0 Å². The van der Waals surface area contributed by atoms with Crippen LogP contribution in [0.25, 0.3) is 0 Å². The Morgan fingerprint density at radius 1 is 1.25 bits per heavy atom. The van der Waals surface area contributed by atoms with Gasteiger partial charge in [-0.05, 0) is 44.4 Å². The van der Waals surface area contributed by atoms with Crippen LogP contribution in [-0.2, 0) is 4.79 Å². The molecule has 0 aliphatic carbocycles. The molecule has 4 heteroatoms. The fourth-order valence-electron chi connectivity index (χ4n) is 2.61. The predicted molar refractivity (Wildman–Crippen MR) is 79.3 cm³/mol. The first-order chi connectivity index (χ1) is 9.58. The Morgan fingerprint density at radius 3 is 2.55 bits per heavy atom. The van der Waals surface area contributed by atoms with Gasteiger partial charge in [-0.3, -0.25) is 4.79 Å². The Hall–Kier alpha value is -1.58. The molecular weight excluding hydrogens is 255 g/mol. The van der Waals surface area contributed by atoms with Crippen LogP contribution in [0.2, 0.25) is 0 Å². The van der Waals surface area contributed by atoms with Crippen LogP contribution < -0.4 is 5.32 Å². The van der Waals surface area contributed by atoms with Crippen LogP contribution in [0.15, 0.2) is 18.2 Å². The number of halogens is 1. The Morgan fingerprint density at radius 2 is 1.90 bits per heavy atom. The molecule has 1 aromatic carbocycles. The Labute approximate surface area is 120 Å². The number of carbonyl (C=O) groups excluding carboxylic acids is 1. The van der Waals surface area contributed by atoms with Crippen LogP contribution in [0.5, 0.6) is 0 Å². The van der Waals surface area contributed by atoms with E-state index in [1.165, 1.54) is 18.9 Å². The molecule has 20 heavy (non-hydrogen) atoms. The summed E-state index contributed by atoms with van der Waals surface area (Å²) in [5.74, 6) is -0.251. The van der Waals surface area contributed by atoms with Crippen molar-refractivity contribution in [2.24, 2.45) is 0 Å². The van der Waals surface area contributed by atoms with E-state index in [9.17, 15) is 9.18 Å². The van der Waals surface area contributed by atoms with Crippen molar-refractivity contribution in [2.45, 2.75) is 45.6 Å². The van der Waals surface area contributed by atoms with Gasteiger partial charge in [-0.2, -0.15) is 0 Å². The van der Waals surface area contributed by atoms with Crippen molar-refractivity contribution in [3.63, 3.8) is 0 Å². The highest BCUT2D eigenvalue weighted by Gasteiger charge is 2.21. The minimum absolute atomic E-state index is 0.0628. The minimum Gasteiger partial charge on any atom is -0.372 e. The van der Waals surface area contributed by atoms with Crippen LogP contribution in [0.4, 0.5) is 10.1 Å². The first-order valence-corrected chi connectivity index (χ1v) is 7.39. The van der Waals surface area contributed by atoms with E-state index in [1.54, 1.807) is 19.1 Å². The molecule has 1 N–H and O–H groups in total. The van der Waals surface area contributed by atoms with Crippen molar-refractivity contribution in [2.75, 3.05) is 18.4 Å². The molecule has 110 valence electrons. The van der Waals surface area contributed by atoms with E-state index in [1.807, 2.05) is 11.8 Å². The average Bonchev–Trinajstić information content (AvgIpc) is 2.71. The summed E-state index contributed by atoms with van der Waals surface area (Å²) in [5.41, 5.74) is 1.38. The topological polar surface area (TPSA) is 32.3 Å². The van der Waals surface area contributed by atoms with Crippen molar-refractivity contribution in [3.8, 4) is 0 Å². The first-order valence-electron chi connectivity index (χ1n) is 7.39. The SMILES string of the molecule is Cc1ccc(F)c(NC(C)C(=O)N2CCCCCC2)c1. The maximum Gasteiger partial charge on any atom is 0.244 e. The lowest BCUT2D eigenvalue weighted by Crippen LogP contribution is -2.42. The van der Waals surface area contributed by atoms with E-state index >= 15 is 0 Å². The maximum atomic E-state index is 13.7. The molecule has 0 bridgehead atoms. The second-order valence-electron chi connectivity index (χ2n) is 5.59. The number of nitrogens with one attached hydrogen (secondary N) is 1. The third kappa shape index (κ3) is 3.71. The van der Waals surface area contributed by atoms with E-state index in [4.69, 9.17) is 0 Å². The lowest BCUT2D eigenvalue weighted by atomic mass is 10.2. The quantitative estimate of drug-likeness (QED) is 0.919. The number of amides is 1. The molecule has 0 radical (unpaired) electrons. The predicted octanol–water partition coefficient (Wildman–Crippen LogP) is 3.34. The summed E-state index contributed by atoms with van der Waals surface area (Å²) >= 11 is 0. The molecule has 2 rings (SSSR count). The molecule has 1 fully saturated rings. The second kappa shape index (κ2) is 6.73. The van der Waals surface area contributed by atoms with Crippen molar-refractivity contribution in [1.29, 1.82) is 0 Å². The number of anilines is 1. The summed E-state index contributed by atoms with van der Waals surface area (Å²) in [5, 5.41) is 3.00. The van der Waals surface area contributed by atoms with Gasteiger partial charge in [-0.15, -0.1) is 0 Å². The summed E-state index contributed by atoms with van der Waals surface area (Å²) in [6.07, 6.45) is 4.52. The van der Waals surface area contributed by atoms with Gasteiger partial charge in [-0.25, -0.2) is 4.39 Å². The number of hydrogen-bond acceptors (Lipinski definition) is 2. The normalized spacial score (nSPS) is 17.4. The van der Waals surface area contributed by atoms with Crippen molar-refractivity contribution in [1.82, 2.24) is 4.90 Å². The molecule has 1 amide bonds. The molecule has 1 atom stereocenters. The molecule has 0 spiro atoms. The molecule has 1 aromatic rings. The number of benzene rings is 1. The molecule has 1 saturated heterocycles. The standard InChI is InChI=1S/C16H23FN2O/c1-12-7-8-14(17)15(11-12)18-13(2)16(20)19-9-5-3-4-6-10-19/h7-8,11,13,18H,3-6,9-10H2,1-2H3. The molecular formula is C16H23FN2O. The number of carbonyl (C=O) groups is 1. The fourth-order valence-corrected chi connectivity index (χ4v) is 2.61. The lowest BCUT2D eigenvalue weighted by molar-refractivity contribution is -0.131. The van der Waals surface area contributed by atoms with Gasteiger partial charge < -0.3 is 10.2 Å². The summed E-state index contributed by atoms with van der Waals surface area (Å²) < 4.78 is 13.7. The molecule has 0 aromatic heterocycles. The van der Waals surface area contributed by atoms with Crippen molar-refractivity contribution >= 4 is 11.6 Å². The molecule has 1 aliphatic rings. The van der Waals surface area contributed by atoms with Gasteiger partial charge in [0.05, 0.1) is 5.69 Å². The highest BCUT2D eigenvalue weighted by atomic mass is 19.1. The largest absolute Gasteiger partial charge is 0.372 e. The van der Waals surface area contributed by atoms with Crippen molar-refractivity contribution < 1.29 is 9.18 Å². The zero-order valence-electron chi connectivity index (χ0n) is 12.3. The molecule has 1 unspecified atom stereocenters. The van der Waals surface area contributed by atoms with E-state index in [0.29, 0.717) is 5.69 Å². The van der Waals surface area contributed by atoms with E-state index in [2.05, 4.69) is 5.32 Å². The van der Waals surface area contributed by atoms with Gasteiger partial charge in [0.2, 0.25) is 5.91 Å². The highest BCUT2D eigenvalue weighted by molar-refractivity contribution is 5.84. The minimum atomic E-state index is -0.399. The molecule has 1 aliphatic heterocycles. The summed E-state index contributed by atoms with van der Waals surface area (Å²) in [7, 11) is 0. The Bertz CT molecular complexity index is 468. The molecule has 3 nitrogen and oxygen atoms in total. The van der Waals surface area contributed by atoms with Gasteiger partial charge in [0.1, 0.15) is 11.9 Å². The van der Waals surface area contributed by atoms with Gasteiger partial charge in [0, 0.05) is 13.1 Å². The maximum absolute atomic E-state index is 13.7. The van der Waals surface area contributed by atoms with Crippen molar-refractivity contribution in [3.05, 3.63) is 29.6 Å². The van der Waals surface area contributed by atoms with Crippen LogP contribution in [-0.4, -0.2) is 29.9 Å². The zero-order chi connectivity index (χ0) is 14.5. The first kappa shape index (κ1) is 14.8. The van der Waals surface area contributed by atoms with Crippen LogP contribution in [0.3, 0.4) is 0 Å². The molecule has 0 saturated carbocycles. The second-order valence-corrected chi connectivity index (χ2v) is 5.59. The van der Waals surface area contributed by atoms with E-state index < -0.39 is 6.04 Å². The summed E-state index contributed by atoms with van der Waals surface area (Å²) in [4.78, 5) is 14.3. The number of hydrogen-bond donors (Lipinski definition) is 1. The average molecular weight is 278 g/mol. The number of likely N-dealkylation sites (tertiary alicyclic amines) is 1. The van der Waals surface area contributed by atoms with Gasteiger partial charge in [-0.1, -0.05) is 18.9 Å². The fraction of sp³-hybridized carbons (Fsp3) is 0.562. The third-order valence-corrected chi connectivity index (χ3v) is 3.78. The molecule has 1 heterocycles. The monoisotopic (exact) mass is 278 g/mol. The number of aryl methyl sites for hydroxylation is 1. The van der Waals surface area contributed by atoms with Crippen LogP contribution in [0.1, 0.15) is 38.2 Å². The Kier molecular flexibility index (Phi) is 4.99. The van der Waals surface area contributed by atoms with Crippen LogP contribution in [0, 0.1) is 12.7 Å². The highest BCUT2D eigenvalue weighted by Crippen LogP contribution is 2.18. The van der Waals surface area contributed by atoms with Crippen LogP contribution >= 0.6 is 0 Å². The van der Waals surface area contributed by atoms with Gasteiger partial charge in [0.15, 0.2) is 0 Å². The number of nitrogens with zero attached hydrogens (tertiary/aromatic N) is 1. The number of rotatable bonds is 3. The Balaban J connectivity index is 2.01. The zero-order valence-corrected chi connectivity index (χ0v) is 12.3. The van der Waals surface area contributed by atoms with Gasteiger partial charge in [0.25, 0.3) is 0 Å². The third-order valence-electron chi connectivity index (χ3n) is 3.78. The summed E-state index contributed by atoms with van der Waals surface area (Å²) in [6.45, 7) is 5.35.